The Morgan fingerprint density at radius 1 is 1.27 bits per heavy atom. The van der Waals surface area contributed by atoms with Gasteiger partial charge in [-0.2, -0.15) is 9.29 Å². The maximum absolute atomic E-state index is 13.2. The van der Waals surface area contributed by atoms with Gasteiger partial charge in [-0.05, 0) is 33.3 Å². The standard InChI is InChI=1S/C19H26N7O13P2/c1-18(2)5-8(19(3,4)26(18)30)9-11(28)15(25-6-21-10-13(25)23-17(20)24-14(10)29)36-12(9)16(37-22-7-27)38-41(34,35)39-40(31,32)33/h5-6,9,11-12,15-16,28H,1-4H3,(H,34,35)(H2,31,32,33)(H3,20,23,24,29)/t9-,11+,12-,15+,16?/m0/s1. The molecule has 7 N–H and O–H groups in total. The summed E-state index contributed by atoms with van der Waals surface area (Å²) < 4.78 is 39.4. The molecule has 6 atom stereocenters. The van der Waals surface area contributed by atoms with Gasteiger partial charge in [-0.15, -0.1) is 10.3 Å². The van der Waals surface area contributed by atoms with Crippen LogP contribution in [0, 0.1) is 5.92 Å². The quantitative estimate of drug-likeness (QED) is 0.0515. The molecule has 2 unspecified atom stereocenters. The summed E-state index contributed by atoms with van der Waals surface area (Å²) in [4.78, 5) is 66.3. The Bertz CT molecular complexity index is 1580. The summed E-state index contributed by atoms with van der Waals surface area (Å²) in [6.07, 6.45) is -3.58. The molecule has 0 saturated carbocycles. The van der Waals surface area contributed by atoms with Crippen LogP contribution < -0.4 is 11.3 Å². The number of nitrogens with one attached hydrogen (secondary N) is 1. The van der Waals surface area contributed by atoms with Gasteiger partial charge < -0.3 is 35.1 Å². The number of hydrogen-bond acceptors (Lipinski definition) is 14. The van der Waals surface area contributed by atoms with Crippen LogP contribution in [0.5, 0.6) is 0 Å². The summed E-state index contributed by atoms with van der Waals surface area (Å²) in [5, 5.41) is 28.4. The summed E-state index contributed by atoms with van der Waals surface area (Å²) in [6, 6.07) is 0. The predicted octanol–water partition coefficient (Wildman–Crippen LogP) is -0.459. The third-order valence-corrected chi connectivity index (χ3v) is 8.70. The normalized spacial score (nSPS) is 28.2. The van der Waals surface area contributed by atoms with Crippen molar-refractivity contribution < 1.29 is 57.3 Å². The molecule has 0 aliphatic carbocycles. The number of imidazole rings is 1. The van der Waals surface area contributed by atoms with Gasteiger partial charge in [0.15, 0.2) is 17.4 Å². The van der Waals surface area contributed by atoms with Crippen molar-refractivity contribution >= 4 is 38.8 Å². The number of hydroxylamine groups is 2. The number of aromatic amines is 1. The number of phosphoric acid groups is 2. The Hall–Kier alpha value is -2.83. The topological polar surface area (TPSA) is 294 Å². The number of H-pyrrole nitrogens is 1. The van der Waals surface area contributed by atoms with Crippen molar-refractivity contribution in [3.8, 4) is 0 Å². The zero-order valence-corrected chi connectivity index (χ0v) is 23.5. The Labute approximate surface area is 229 Å². The van der Waals surface area contributed by atoms with E-state index in [1.165, 1.54) is 19.9 Å². The number of aromatic nitrogens is 4. The predicted molar refractivity (Wildman–Crippen MR) is 132 cm³/mol. The van der Waals surface area contributed by atoms with E-state index in [-0.39, 0.29) is 22.7 Å². The molecule has 1 saturated heterocycles. The Morgan fingerprint density at radius 3 is 2.49 bits per heavy atom. The molecule has 2 aliphatic rings. The van der Waals surface area contributed by atoms with Crippen molar-refractivity contribution in [1.82, 2.24) is 24.6 Å². The van der Waals surface area contributed by atoms with E-state index in [0.717, 1.165) is 22.0 Å². The number of ether oxygens (including phenoxy) is 1. The lowest BCUT2D eigenvalue weighted by molar-refractivity contribution is -0.240. The van der Waals surface area contributed by atoms with E-state index in [9.17, 15) is 33.9 Å². The molecule has 22 heteroatoms. The van der Waals surface area contributed by atoms with Crippen LogP contribution in [-0.4, -0.2) is 80.0 Å². The monoisotopic (exact) mass is 622 g/mol. The maximum Gasteiger partial charge on any atom is 0.484 e. The maximum atomic E-state index is 13.2. The van der Waals surface area contributed by atoms with Crippen LogP contribution in [-0.2, 0) is 37.5 Å². The Kier molecular flexibility index (Phi) is 7.94. The first kappa shape index (κ1) is 31.1. The van der Waals surface area contributed by atoms with Gasteiger partial charge >= 0.3 is 15.6 Å². The number of phosphoric ester groups is 1. The van der Waals surface area contributed by atoms with Crippen LogP contribution in [0.3, 0.4) is 0 Å². The molecule has 0 amide bonds. The first-order chi connectivity index (χ1) is 18.8. The highest BCUT2D eigenvalue weighted by atomic mass is 31.3. The van der Waals surface area contributed by atoms with Crippen LogP contribution in [0.4, 0.5) is 5.95 Å². The van der Waals surface area contributed by atoms with Gasteiger partial charge in [0.05, 0.1) is 17.4 Å². The summed E-state index contributed by atoms with van der Waals surface area (Å²) in [7, 11) is -11.3. The highest BCUT2D eigenvalue weighted by molar-refractivity contribution is 7.60. The highest BCUT2D eigenvalue weighted by Crippen LogP contribution is 2.59. The lowest BCUT2D eigenvalue weighted by Crippen LogP contribution is -2.49. The van der Waals surface area contributed by atoms with Gasteiger partial charge in [-0.1, -0.05) is 6.08 Å². The molecular weight excluding hydrogens is 596 g/mol. The minimum atomic E-state index is -5.67. The number of aliphatic hydroxyl groups is 1. The number of isocyanates is 1. The molecule has 2 aromatic heterocycles. The molecule has 0 aromatic carbocycles. The van der Waals surface area contributed by atoms with Crippen LogP contribution in [0.15, 0.2) is 27.9 Å². The molecule has 2 aromatic rings. The molecule has 2 aliphatic heterocycles. The first-order valence-corrected chi connectivity index (χ1v) is 14.6. The van der Waals surface area contributed by atoms with Crippen molar-refractivity contribution in [3.05, 3.63) is 28.3 Å². The Morgan fingerprint density at radius 2 is 1.93 bits per heavy atom. The number of hydrogen-bond donors (Lipinski definition) is 6. The zero-order chi connectivity index (χ0) is 30.7. The van der Waals surface area contributed by atoms with E-state index in [2.05, 4.69) is 24.4 Å². The number of carbonyl (C=O) groups excluding carboxylic acids is 1. The van der Waals surface area contributed by atoms with Crippen molar-refractivity contribution in [2.45, 2.75) is 63.5 Å². The van der Waals surface area contributed by atoms with Crippen molar-refractivity contribution in [2.75, 3.05) is 5.73 Å². The SMILES string of the molecule is CC1(C)C=C([C@H]2[C@@H](O)[C@H](n3cnc4c(=O)[nH]c(N)nc43)O[C@@H]2C(ON=C=O)OP(=O)(O)OP(=O)(O)O)C(C)(C)N1[O]. The van der Waals surface area contributed by atoms with Crippen molar-refractivity contribution in [2.24, 2.45) is 11.1 Å². The molecule has 1 radical (unpaired) electrons. The molecule has 225 valence electrons. The average molecular weight is 622 g/mol. The van der Waals surface area contributed by atoms with Crippen molar-refractivity contribution in [3.63, 3.8) is 0 Å². The number of aliphatic hydroxyl groups excluding tert-OH is 1. The summed E-state index contributed by atoms with van der Waals surface area (Å²) in [5.41, 5.74) is 2.38. The van der Waals surface area contributed by atoms with Gasteiger partial charge in [0.25, 0.3) is 17.9 Å². The van der Waals surface area contributed by atoms with E-state index < -0.39 is 62.9 Å². The number of anilines is 1. The molecule has 41 heavy (non-hydrogen) atoms. The van der Waals surface area contributed by atoms with Crippen LogP contribution in [0.25, 0.3) is 11.2 Å². The molecular formula is C19H26N7O13P2. The summed E-state index contributed by atoms with van der Waals surface area (Å²) in [6.45, 7) is 6.23. The molecule has 0 spiro atoms. The van der Waals surface area contributed by atoms with E-state index in [1.54, 1.807) is 13.8 Å². The molecule has 0 bridgehead atoms. The number of nitrogen functional groups attached to an aromatic ring is 1. The first-order valence-electron chi connectivity index (χ1n) is 11.6. The second-order valence-electron chi connectivity index (χ2n) is 10.2. The lowest BCUT2D eigenvalue weighted by Gasteiger charge is -2.37. The summed E-state index contributed by atoms with van der Waals surface area (Å²) in [5.74, 6) is -1.65. The smallest absolute Gasteiger partial charge is 0.388 e. The van der Waals surface area contributed by atoms with Crippen LogP contribution in [0.2, 0.25) is 0 Å². The second kappa shape index (κ2) is 10.5. The lowest BCUT2D eigenvalue weighted by atomic mass is 9.80. The molecule has 4 heterocycles. The minimum absolute atomic E-state index is 0.137. The fraction of sp³-hybridized carbons (Fsp3) is 0.579. The molecule has 1 fully saturated rings. The van der Waals surface area contributed by atoms with Crippen LogP contribution >= 0.6 is 15.6 Å². The van der Waals surface area contributed by atoms with Crippen molar-refractivity contribution in [1.29, 1.82) is 0 Å². The zero-order valence-electron chi connectivity index (χ0n) is 21.7. The van der Waals surface area contributed by atoms with E-state index in [1.807, 2.05) is 0 Å². The number of fused-ring (bicyclic) bond motifs is 1. The second-order valence-corrected chi connectivity index (χ2v) is 13.0. The number of nitrogens with two attached hydrogens (primary N) is 1. The highest BCUT2D eigenvalue weighted by Gasteiger charge is 2.59. The largest absolute Gasteiger partial charge is 0.484 e. The van der Waals surface area contributed by atoms with Gasteiger partial charge in [0, 0.05) is 11.1 Å². The van der Waals surface area contributed by atoms with Gasteiger partial charge in [-0.25, -0.2) is 23.4 Å². The Balaban J connectivity index is 1.87. The fourth-order valence-electron chi connectivity index (χ4n) is 5.11. The van der Waals surface area contributed by atoms with E-state index >= 15 is 0 Å². The molecule has 20 nitrogen and oxygen atoms in total. The van der Waals surface area contributed by atoms with Crippen LogP contribution in [0.1, 0.15) is 33.9 Å². The van der Waals surface area contributed by atoms with Gasteiger partial charge in [0.1, 0.15) is 12.2 Å². The fourth-order valence-corrected chi connectivity index (χ4v) is 6.76. The summed E-state index contributed by atoms with van der Waals surface area (Å²) >= 11 is 0. The number of rotatable bonds is 9. The average Bonchev–Trinajstić information content (AvgIpc) is 3.42. The van der Waals surface area contributed by atoms with Gasteiger partial charge in [0.2, 0.25) is 5.95 Å². The third-order valence-electron chi connectivity index (χ3n) is 6.55. The molecule has 4 rings (SSSR count). The van der Waals surface area contributed by atoms with E-state index in [4.69, 9.17) is 29.6 Å². The third kappa shape index (κ3) is 5.91. The number of nitrogens with zero attached hydrogens (tertiary/aromatic N) is 5. The van der Waals surface area contributed by atoms with Gasteiger partial charge in [-0.3, -0.25) is 14.3 Å². The van der Waals surface area contributed by atoms with E-state index in [0.29, 0.717) is 0 Å². The minimum Gasteiger partial charge on any atom is -0.388 e.